The molecule has 116 valence electrons. The van der Waals surface area contributed by atoms with Crippen molar-refractivity contribution in [1.82, 2.24) is 9.97 Å². The van der Waals surface area contributed by atoms with E-state index >= 15 is 0 Å². The molecule has 2 N–H and O–H groups in total. The molecule has 0 spiro atoms. The molecule has 1 saturated carbocycles. The zero-order valence-corrected chi connectivity index (χ0v) is 12.7. The summed E-state index contributed by atoms with van der Waals surface area (Å²) in [6.45, 7) is 3.08. The minimum Gasteiger partial charge on any atom is -0.477 e. The highest BCUT2D eigenvalue weighted by molar-refractivity contribution is 5.85. The van der Waals surface area contributed by atoms with Crippen LogP contribution >= 0.6 is 0 Å². The summed E-state index contributed by atoms with van der Waals surface area (Å²) in [6.07, 6.45) is 4.77. The molecule has 0 aliphatic heterocycles. The van der Waals surface area contributed by atoms with Crippen molar-refractivity contribution in [3.63, 3.8) is 0 Å². The second kappa shape index (κ2) is 7.36. The second-order valence-electron chi connectivity index (χ2n) is 5.51. The van der Waals surface area contributed by atoms with Crippen LogP contribution in [0.4, 0.5) is 0 Å². The molecule has 2 atom stereocenters. The lowest BCUT2D eigenvalue weighted by molar-refractivity contribution is 0.0584. The maximum absolute atomic E-state index is 11.5. The summed E-state index contributed by atoms with van der Waals surface area (Å²) >= 11 is 0. The zero-order chi connectivity index (χ0) is 15.2. The third kappa shape index (κ3) is 4.14. The van der Waals surface area contributed by atoms with E-state index in [9.17, 15) is 4.79 Å². The van der Waals surface area contributed by atoms with Crippen LogP contribution in [0.1, 0.15) is 42.0 Å². The molecule has 0 bridgehead atoms. The van der Waals surface area contributed by atoms with Crippen LogP contribution in [0, 0.1) is 18.8 Å². The Morgan fingerprint density at radius 3 is 2.71 bits per heavy atom. The summed E-state index contributed by atoms with van der Waals surface area (Å²) in [5, 5.41) is 0. The van der Waals surface area contributed by atoms with Crippen molar-refractivity contribution >= 4 is 5.97 Å². The van der Waals surface area contributed by atoms with Crippen molar-refractivity contribution in [2.75, 3.05) is 20.3 Å². The van der Waals surface area contributed by atoms with Gasteiger partial charge in [0.15, 0.2) is 0 Å². The molecule has 1 aromatic rings. The normalized spacial score (nSPS) is 21.9. The summed E-state index contributed by atoms with van der Waals surface area (Å²) in [6, 6.07) is 1.73. The molecule has 1 heterocycles. The fourth-order valence-electron chi connectivity index (χ4n) is 2.80. The highest BCUT2D eigenvalue weighted by Gasteiger charge is 2.24. The van der Waals surface area contributed by atoms with Gasteiger partial charge in [0.1, 0.15) is 0 Å². The lowest BCUT2D eigenvalue weighted by Gasteiger charge is -2.30. The number of aryl methyl sites for hydroxylation is 1. The smallest absolute Gasteiger partial charge is 0.376 e. The first-order chi connectivity index (χ1) is 10.1. The van der Waals surface area contributed by atoms with Gasteiger partial charge in [-0.1, -0.05) is 12.8 Å². The van der Waals surface area contributed by atoms with Gasteiger partial charge in [-0.2, -0.15) is 4.98 Å². The molecule has 1 fully saturated rings. The number of carbonyl (C=O) groups is 1. The Morgan fingerprint density at radius 2 is 2.05 bits per heavy atom. The van der Waals surface area contributed by atoms with Crippen molar-refractivity contribution in [3.05, 3.63) is 17.6 Å². The monoisotopic (exact) mass is 293 g/mol. The van der Waals surface area contributed by atoms with Gasteiger partial charge in [0.25, 0.3) is 0 Å². The van der Waals surface area contributed by atoms with Crippen molar-refractivity contribution in [2.24, 2.45) is 17.6 Å². The number of nitrogens with two attached hydrogens (primary N) is 1. The third-order valence-electron chi connectivity index (χ3n) is 4.01. The first kappa shape index (κ1) is 15.7. The van der Waals surface area contributed by atoms with E-state index in [4.69, 9.17) is 10.5 Å². The minimum absolute atomic E-state index is 0.0338. The van der Waals surface area contributed by atoms with Crippen molar-refractivity contribution in [2.45, 2.75) is 32.6 Å². The van der Waals surface area contributed by atoms with Gasteiger partial charge in [0.05, 0.1) is 13.7 Å². The molecule has 1 aromatic heterocycles. The predicted molar refractivity (Wildman–Crippen MR) is 78.1 cm³/mol. The lowest BCUT2D eigenvalue weighted by atomic mass is 9.80. The Kier molecular flexibility index (Phi) is 5.50. The van der Waals surface area contributed by atoms with Gasteiger partial charge in [-0.05, 0) is 38.1 Å². The van der Waals surface area contributed by atoms with E-state index < -0.39 is 5.97 Å². The molecular weight excluding hydrogens is 270 g/mol. The number of esters is 1. The molecule has 0 amide bonds. The maximum atomic E-state index is 11.5. The summed E-state index contributed by atoms with van der Waals surface area (Å²) in [5.41, 5.74) is 6.51. The molecular formula is C15H23N3O3. The van der Waals surface area contributed by atoms with Crippen LogP contribution in [0.5, 0.6) is 5.88 Å². The zero-order valence-electron chi connectivity index (χ0n) is 12.7. The van der Waals surface area contributed by atoms with E-state index in [1.54, 1.807) is 13.0 Å². The average molecular weight is 293 g/mol. The van der Waals surface area contributed by atoms with Gasteiger partial charge < -0.3 is 15.2 Å². The van der Waals surface area contributed by atoms with Gasteiger partial charge in [-0.25, -0.2) is 9.78 Å². The Labute approximate surface area is 125 Å². The van der Waals surface area contributed by atoms with E-state index in [0.29, 0.717) is 36.6 Å². The number of hydrogen-bond donors (Lipinski definition) is 1. The molecule has 2 unspecified atom stereocenters. The first-order valence-electron chi connectivity index (χ1n) is 7.41. The molecule has 0 aromatic carbocycles. The molecule has 0 saturated heterocycles. The van der Waals surface area contributed by atoms with Gasteiger partial charge in [-0.3, -0.25) is 0 Å². The topological polar surface area (TPSA) is 87.3 Å². The molecule has 2 rings (SSSR count). The third-order valence-corrected chi connectivity index (χ3v) is 4.01. The molecule has 6 heteroatoms. The number of ether oxygens (including phenoxy) is 2. The Balaban J connectivity index is 2.02. The first-order valence-corrected chi connectivity index (χ1v) is 7.41. The van der Waals surface area contributed by atoms with Crippen LogP contribution in [0.2, 0.25) is 0 Å². The van der Waals surface area contributed by atoms with Crippen LogP contribution in [0.25, 0.3) is 0 Å². The van der Waals surface area contributed by atoms with Gasteiger partial charge in [0, 0.05) is 11.8 Å². The Bertz CT molecular complexity index is 493. The quantitative estimate of drug-likeness (QED) is 0.832. The lowest BCUT2D eigenvalue weighted by Crippen LogP contribution is -2.31. The SMILES string of the molecule is COC(=O)c1nc(C)cc(OCC2CCCCC2CN)n1. The highest BCUT2D eigenvalue weighted by Crippen LogP contribution is 2.29. The van der Waals surface area contributed by atoms with Crippen molar-refractivity contribution in [3.8, 4) is 5.88 Å². The van der Waals surface area contributed by atoms with E-state index in [0.717, 1.165) is 6.42 Å². The van der Waals surface area contributed by atoms with Crippen LogP contribution in [0.15, 0.2) is 6.07 Å². The van der Waals surface area contributed by atoms with Crippen molar-refractivity contribution < 1.29 is 14.3 Å². The van der Waals surface area contributed by atoms with Gasteiger partial charge in [0.2, 0.25) is 11.7 Å². The number of carbonyl (C=O) groups excluding carboxylic acids is 1. The fraction of sp³-hybridized carbons (Fsp3) is 0.667. The number of hydrogen-bond acceptors (Lipinski definition) is 6. The van der Waals surface area contributed by atoms with Gasteiger partial charge >= 0.3 is 5.97 Å². The number of methoxy groups -OCH3 is 1. The van der Waals surface area contributed by atoms with Crippen LogP contribution in [-0.4, -0.2) is 36.2 Å². The standard InChI is InChI=1S/C15H23N3O3/c1-10-7-13(18-14(17-10)15(19)20-2)21-9-12-6-4-3-5-11(12)8-16/h7,11-12H,3-6,8-9,16H2,1-2H3. The second-order valence-corrected chi connectivity index (χ2v) is 5.51. The molecule has 6 nitrogen and oxygen atoms in total. The molecule has 21 heavy (non-hydrogen) atoms. The van der Waals surface area contributed by atoms with Crippen LogP contribution in [0.3, 0.4) is 0 Å². The van der Waals surface area contributed by atoms with E-state index in [1.807, 2.05) is 0 Å². The van der Waals surface area contributed by atoms with E-state index in [-0.39, 0.29) is 5.82 Å². The summed E-state index contributed by atoms with van der Waals surface area (Å²) in [4.78, 5) is 19.6. The summed E-state index contributed by atoms with van der Waals surface area (Å²) < 4.78 is 10.4. The van der Waals surface area contributed by atoms with Gasteiger partial charge in [-0.15, -0.1) is 0 Å². The fourth-order valence-corrected chi connectivity index (χ4v) is 2.80. The molecule has 1 aliphatic carbocycles. The van der Waals surface area contributed by atoms with Crippen LogP contribution < -0.4 is 10.5 Å². The average Bonchev–Trinajstić information content (AvgIpc) is 2.51. The molecule has 1 aliphatic rings. The predicted octanol–water partition coefficient (Wildman–Crippen LogP) is 1.72. The summed E-state index contributed by atoms with van der Waals surface area (Å²) in [5.74, 6) is 0.874. The number of nitrogens with zero attached hydrogens (tertiary/aromatic N) is 2. The largest absolute Gasteiger partial charge is 0.477 e. The Morgan fingerprint density at radius 1 is 1.33 bits per heavy atom. The Hall–Kier alpha value is -1.69. The minimum atomic E-state index is -0.555. The van der Waals surface area contributed by atoms with E-state index in [2.05, 4.69) is 14.7 Å². The van der Waals surface area contributed by atoms with E-state index in [1.165, 1.54) is 26.4 Å². The maximum Gasteiger partial charge on any atom is 0.376 e. The number of rotatable bonds is 5. The van der Waals surface area contributed by atoms with Crippen LogP contribution in [-0.2, 0) is 4.74 Å². The molecule has 0 radical (unpaired) electrons. The highest BCUT2D eigenvalue weighted by atomic mass is 16.5. The number of aromatic nitrogens is 2. The summed E-state index contributed by atoms with van der Waals surface area (Å²) in [7, 11) is 1.31. The van der Waals surface area contributed by atoms with Crippen molar-refractivity contribution in [1.29, 1.82) is 0 Å².